The molecule has 0 spiro atoms. The zero-order valence-electron chi connectivity index (χ0n) is 10.00. The lowest BCUT2D eigenvalue weighted by Crippen LogP contribution is -2.30. The Labute approximate surface area is 107 Å². The fourth-order valence-corrected chi connectivity index (χ4v) is 11.2. The maximum Gasteiger partial charge on any atom is 0.129 e. The van der Waals surface area contributed by atoms with E-state index < -0.39 is 13.4 Å². The Morgan fingerprint density at radius 2 is 0.857 bits per heavy atom. The number of halogens is 2. The van der Waals surface area contributed by atoms with Crippen molar-refractivity contribution < 1.29 is 0 Å². The lowest BCUT2D eigenvalue weighted by atomic mass is 10.9. The van der Waals surface area contributed by atoms with E-state index in [1.807, 2.05) is 0 Å². The summed E-state index contributed by atoms with van der Waals surface area (Å²) in [7, 11) is 0. The number of rotatable bonds is 7. The van der Waals surface area contributed by atoms with Gasteiger partial charge in [-0.05, 0) is 12.1 Å². The van der Waals surface area contributed by atoms with E-state index in [-0.39, 0.29) is 0 Å². The van der Waals surface area contributed by atoms with Crippen molar-refractivity contribution in [2.45, 2.75) is 64.0 Å². The van der Waals surface area contributed by atoms with Crippen molar-refractivity contribution in [3.63, 3.8) is 0 Å². The van der Waals surface area contributed by atoms with Crippen LogP contribution in [0, 0.1) is 0 Å². The minimum atomic E-state index is -1.02. The van der Waals surface area contributed by atoms with Crippen LogP contribution in [-0.4, -0.2) is 13.4 Å². The Kier molecular flexibility index (Phi) is 7.55. The average molecular weight is 360 g/mol. The molecule has 0 aliphatic carbocycles. The third-order valence-corrected chi connectivity index (χ3v) is 20.5. The van der Waals surface area contributed by atoms with Gasteiger partial charge in [-0.15, -0.1) is 30.6 Å². The number of hydrogen-bond acceptors (Lipinski definition) is 0. The summed E-state index contributed by atoms with van der Waals surface area (Å²) < 4.78 is 0. The van der Waals surface area contributed by atoms with Crippen molar-refractivity contribution in [2.24, 2.45) is 0 Å². The summed E-state index contributed by atoms with van der Waals surface area (Å²) in [6.07, 6.45) is 0. The molecule has 0 aromatic rings. The maximum absolute atomic E-state index is 4.03. The first-order valence-electron chi connectivity index (χ1n) is 5.83. The summed E-state index contributed by atoms with van der Waals surface area (Å²) >= 11 is 8.07. The second-order valence-corrected chi connectivity index (χ2v) is 22.7. The van der Waals surface area contributed by atoms with E-state index in [0.29, 0.717) is 0 Å². The van der Waals surface area contributed by atoms with Crippen LogP contribution in [0.3, 0.4) is 0 Å². The molecule has 0 amide bonds. The summed E-state index contributed by atoms with van der Waals surface area (Å²) in [5, 5.41) is 0. The van der Waals surface area contributed by atoms with E-state index in [1.54, 1.807) is 0 Å². The second kappa shape index (κ2) is 6.87. The van der Waals surface area contributed by atoms with Gasteiger partial charge in [0.05, 0.1) is 0 Å². The van der Waals surface area contributed by atoms with Crippen LogP contribution >= 0.6 is 30.6 Å². The number of hydrogen-bond donors (Lipinski definition) is 0. The molecule has 0 rings (SSSR count). The fraction of sp³-hybridized carbons (Fsp3) is 1.00. The monoisotopic (exact) mass is 358 g/mol. The van der Waals surface area contributed by atoms with Crippen LogP contribution in [-0.2, 0) is 0 Å². The van der Waals surface area contributed by atoms with E-state index in [2.05, 4.69) is 58.3 Å². The highest BCUT2D eigenvalue weighted by molar-refractivity contribution is 9.26. The van der Waals surface area contributed by atoms with Crippen molar-refractivity contribution in [1.82, 2.24) is 0 Å². The molecule has 0 saturated heterocycles. The quantitative estimate of drug-likeness (QED) is 0.401. The van der Waals surface area contributed by atoms with Crippen molar-refractivity contribution in [3.05, 3.63) is 0 Å². The maximum atomic E-state index is 4.03. The Morgan fingerprint density at radius 1 is 0.643 bits per heavy atom. The summed E-state index contributed by atoms with van der Waals surface area (Å²) in [6, 6.07) is 8.48. The molecule has 0 aromatic heterocycles. The molecule has 0 nitrogen and oxygen atoms in total. The minimum absolute atomic E-state index is 1.02. The average Bonchev–Trinajstić information content (AvgIpc) is 2.25. The van der Waals surface area contributed by atoms with Gasteiger partial charge in [0.25, 0.3) is 0 Å². The highest BCUT2D eigenvalue weighted by Crippen LogP contribution is 2.36. The summed E-state index contributed by atoms with van der Waals surface area (Å²) in [6.45, 7) is 7.34. The second-order valence-electron chi connectivity index (χ2n) is 4.22. The third kappa shape index (κ3) is 4.95. The molecule has 0 saturated carbocycles. The van der Waals surface area contributed by atoms with Gasteiger partial charge >= 0.3 is 0 Å². The smallest absolute Gasteiger partial charge is 0.126 e. The minimum Gasteiger partial charge on any atom is -0.126 e. The molecule has 0 aliphatic rings. The first kappa shape index (κ1) is 15.4. The predicted octanol–water partition coefficient (Wildman–Crippen LogP) is 5.75. The molecule has 0 fully saturated rings. The molecule has 86 valence electrons. The Morgan fingerprint density at radius 3 is 1.00 bits per heavy atom. The Hall–Kier alpha value is 1.39. The molecule has 0 aromatic carbocycles. The van der Waals surface area contributed by atoms with Gasteiger partial charge in [-0.1, -0.05) is 51.9 Å². The van der Waals surface area contributed by atoms with Gasteiger partial charge in [0, 0.05) is 0 Å². The molecule has 0 heterocycles. The van der Waals surface area contributed by atoms with E-state index in [4.69, 9.17) is 0 Å². The summed E-state index contributed by atoms with van der Waals surface area (Å²) in [4.78, 5) is 0. The van der Waals surface area contributed by atoms with Crippen LogP contribution in [0.25, 0.3) is 0 Å². The van der Waals surface area contributed by atoms with E-state index in [1.165, 1.54) is 36.3 Å². The van der Waals surface area contributed by atoms with Crippen molar-refractivity contribution >= 4 is 44.0 Å². The SMILES string of the molecule is CC[Si](Br)(CC)CC[Si](Br)(CC)CC. The van der Waals surface area contributed by atoms with Gasteiger partial charge in [0.1, 0.15) is 13.4 Å². The molecule has 0 unspecified atom stereocenters. The zero-order chi connectivity index (χ0) is 11.2. The summed E-state index contributed by atoms with van der Waals surface area (Å²) in [5.41, 5.74) is 0. The Bertz CT molecular complexity index is 136. The predicted molar refractivity (Wildman–Crippen MR) is 80.9 cm³/mol. The topological polar surface area (TPSA) is 0 Å². The largest absolute Gasteiger partial charge is 0.129 e. The zero-order valence-corrected chi connectivity index (χ0v) is 15.2. The van der Waals surface area contributed by atoms with Crippen LogP contribution in [0.4, 0.5) is 0 Å². The molecule has 0 bridgehead atoms. The van der Waals surface area contributed by atoms with Crippen LogP contribution in [0.15, 0.2) is 0 Å². The molecular weight excluding hydrogens is 336 g/mol. The van der Waals surface area contributed by atoms with Gasteiger partial charge in [-0.25, -0.2) is 0 Å². The standard InChI is InChI=1S/C10H24Br2Si2/c1-5-13(11,6-2)9-10-14(12,7-3)8-4/h5-10H2,1-4H3. The molecule has 14 heavy (non-hydrogen) atoms. The third-order valence-electron chi connectivity index (χ3n) is 3.56. The van der Waals surface area contributed by atoms with Crippen LogP contribution in [0.5, 0.6) is 0 Å². The normalized spacial score (nSPS) is 13.3. The fourth-order valence-electron chi connectivity index (χ4n) is 1.66. The van der Waals surface area contributed by atoms with Crippen LogP contribution in [0.1, 0.15) is 27.7 Å². The van der Waals surface area contributed by atoms with E-state index in [0.717, 1.165) is 0 Å². The van der Waals surface area contributed by atoms with Gasteiger partial charge in [-0.3, -0.25) is 0 Å². The molecule has 0 N–H and O–H groups in total. The first-order chi connectivity index (χ1) is 6.45. The van der Waals surface area contributed by atoms with E-state index >= 15 is 0 Å². The van der Waals surface area contributed by atoms with Gasteiger partial charge in [-0.2, -0.15) is 0 Å². The van der Waals surface area contributed by atoms with E-state index in [9.17, 15) is 0 Å². The van der Waals surface area contributed by atoms with Crippen LogP contribution in [0.2, 0.25) is 36.3 Å². The van der Waals surface area contributed by atoms with Gasteiger partial charge in [0.2, 0.25) is 0 Å². The highest BCUT2D eigenvalue weighted by atomic mass is 79.9. The highest BCUT2D eigenvalue weighted by Gasteiger charge is 2.32. The molecule has 0 radical (unpaired) electrons. The van der Waals surface area contributed by atoms with Crippen LogP contribution < -0.4 is 0 Å². The molecule has 4 heteroatoms. The Balaban J connectivity index is 4.14. The molecule has 0 aliphatic heterocycles. The lowest BCUT2D eigenvalue weighted by Gasteiger charge is -2.28. The van der Waals surface area contributed by atoms with Gasteiger partial charge in [0.15, 0.2) is 0 Å². The van der Waals surface area contributed by atoms with Crippen molar-refractivity contribution in [1.29, 1.82) is 0 Å². The molecular formula is C10H24Br2Si2. The molecule has 0 atom stereocenters. The first-order valence-corrected chi connectivity index (χ1v) is 15.6. The van der Waals surface area contributed by atoms with Crippen molar-refractivity contribution in [3.8, 4) is 0 Å². The lowest BCUT2D eigenvalue weighted by molar-refractivity contribution is 1.17. The summed E-state index contributed by atoms with van der Waals surface area (Å²) in [5.74, 6) is 0. The van der Waals surface area contributed by atoms with Crippen molar-refractivity contribution in [2.75, 3.05) is 0 Å². The van der Waals surface area contributed by atoms with Gasteiger partial charge < -0.3 is 0 Å².